The lowest BCUT2D eigenvalue weighted by molar-refractivity contribution is -0.153. The van der Waals surface area contributed by atoms with Gasteiger partial charge in [0.05, 0.1) is 0 Å². The standard InChI is InChI=1S/C14H26O6/c1-11(3-5-15)9-13(17)19-7-8-20-14(18)10-12(2)4-6-16/h11-12,15-16H,3-10H2,1-2H3. The van der Waals surface area contributed by atoms with E-state index in [2.05, 4.69) is 0 Å². The first-order valence-electron chi connectivity index (χ1n) is 7.02. The number of carbonyl (C=O) groups is 2. The van der Waals surface area contributed by atoms with Gasteiger partial charge in [-0.3, -0.25) is 9.59 Å². The third kappa shape index (κ3) is 10.8. The van der Waals surface area contributed by atoms with E-state index in [9.17, 15) is 9.59 Å². The second kappa shape index (κ2) is 11.7. The number of rotatable bonds is 11. The molecular formula is C14H26O6. The van der Waals surface area contributed by atoms with Crippen LogP contribution in [0, 0.1) is 11.8 Å². The van der Waals surface area contributed by atoms with Crippen molar-refractivity contribution in [2.75, 3.05) is 26.4 Å². The molecule has 0 rings (SSSR count). The van der Waals surface area contributed by atoms with Crippen LogP contribution in [-0.4, -0.2) is 48.6 Å². The van der Waals surface area contributed by atoms with Gasteiger partial charge in [-0.25, -0.2) is 0 Å². The van der Waals surface area contributed by atoms with E-state index < -0.39 is 0 Å². The van der Waals surface area contributed by atoms with Gasteiger partial charge in [0.1, 0.15) is 13.2 Å². The number of hydrogen-bond acceptors (Lipinski definition) is 6. The second-order valence-electron chi connectivity index (χ2n) is 5.08. The molecule has 0 aromatic carbocycles. The maximum atomic E-state index is 11.4. The monoisotopic (exact) mass is 290 g/mol. The number of ether oxygens (including phenoxy) is 2. The van der Waals surface area contributed by atoms with Crippen LogP contribution in [0.3, 0.4) is 0 Å². The molecule has 0 saturated carbocycles. The summed E-state index contributed by atoms with van der Waals surface area (Å²) in [7, 11) is 0. The van der Waals surface area contributed by atoms with Gasteiger partial charge in [0.2, 0.25) is 0 Å². The third-order valence-corrected chi connectivity index (χ3v) is 2.88. The summed E-state index contributed by atoms with van der Waals surface area (Å²) in [5, 5.41) is 17.4. The lowest BCUT2D eigenvalue weighted by atomic mass is 10.1. The molecule has 6 heteroatoms. The number of aliphatic hydroxyl groups is 2. The summed E-state index contributed by atoms with van der Waals surface area (Å²) >= 11 is 0. The highest BCUT2D eigenvalue weighted by Crippen LogP contribution is 2.08. The fourth-order valence-corrected chi connectivity index (χ4v) is 1.64. The SMILES string of the molecule is CC(CCO)CC(=O)OCCOC(=O)CC(C)CCO. The van der Waals surface area contributed by atoms with Crippen molar-refractivity contribution >= 4 is 11.9 Å². The molecule has 2 atom stereocenters. The Labute approximate surface area is 120 Å². The summed E-state index contributed by atoms with van der Waals surface area (Å²) in [6, 6.07) is 0. The molecule has 0 radical (unpaired) electrons. The molecule has 0 aromatic heterocycles. The maximum Gasteiger partial charge on any atom is 0.306 e. The van der Waals surface area contributed by atoms with Gasteiger partial charge < -0.3 is 19.7 Å². The van der Waals surface area contributed by atoms with E-state index in [-0.39, 0.29) is 63.0 Å². The van der Waals surface area contributed by atoms with Gasteiger partial charge in [0.25, 0.3) is 0 Å². The van der Waals surface area contributed by atoms with Gasteiger partial charge in [0, 0.05) is 26.1 Å². The summed E-state index contributed by atoms with van der Waals surface area (Å²) < 4.78 is 9.85. The van der Waals surface area contributed by atoms with Crippen LogP contribution in [0.15, 0.2) is 0 Å². The highest BCUT2D eigenvalue weighted by atomic mass is 16.6. The topological polar surface area (TPSA) is 93.1 Å². The number of hydrogen-bond donors (Lipinski definition) is 2. The van der Waals surface area contributed by atoms with E-state index in [1.807, 2.05) is 13.8 Å². The Morgan fingerprint density at radius 2 is 1.20 bits per heavy atom. The summed E-state index contributed by atoms with van der Waals surface area (Å²) in [6.45, 7) is 3.92. The molecule has 0 aliphatic rings. The molecule has 6 nitrogen and oxygen atoms in total. The van der Waals surface area contributed by atoms with Crippen LogP contribution in [0.4, 0.5) is 0 Å². The molecule has 118 valence electrons. The molecule has 0 spiro atoms. The van der Waals surface area contributed by atoms with Crippen molar-refractivity contribution in [3.63, 3.8) is 0 Å². The van der Waals surface area contributed by atoms with E-state index in [0.717, 1.165) is 0 Å². The Bertz CT molecular complexity index is 251. The molecule has 0 aromatic rings. The largest absolute Gasteiger partial charge is 0.462 e. The zero-order valence-electron chi connectivity index (χ0n) is 12.3. The summed E-state index contributed by atoms with van der Waals surface area (Å²) in [5.41, 5.74) is 0. The van der Waals surface area contributed by atoms with Crippen molar-refractivity contribution < 1.29 is 29.3 Å². The zero-order valence-corrected chi connectivity index (χ0v) is 12.3. The van der Waals surface area contributed by atoms with Crippen molar-refractivity contribution in [2.45, 2.75) is 39.5 Å². The molecule has 0 amide bonds. The normalized spacial score (nSPS) is 13.6. The Morgan fingerprint density at radius 1 is 0.850 bits per heavy atom. The molecule has 20 heavy (non-hydrogen) atoms. The Balaban J connectivity index is 3.60. The Kier molecular flexibility index (Phi) is 11.0. The van der Waals surface area contributed by atoms with Gasteiger partial charge in [-0.2, -0.15) is 0 Å². The van der Waals surface area contributed by atoms with Crippen LogP contribution in [-0.2, 0) is 19.1 Å². The predicted octanol–water partition coefficient (Wildman–Crippen LogP) is 0.890. The smallest absolute Gasteiger partial charge is 0.306 e. The minimum atomic E-state index is -0.351. The molecule has 0 fully saturated rings. The predicted molar refractivity (Wildman–Crippen MR) is 72.9 cm³/mol. The Hall–Kier alpha value is -1.14. The van der Waals surface area contributed by atoms with Gasteiger partial charge in [-0.15, -0.1) is 0 Å². The average molecular weight is 290 g/mol. The quantitative estimate of drug-likeness (QED) is 0.433. The average Bonchev–Trinajstić information content (AvgIpc) is 2.35. The molecule has 0 aliphatic heterocycles. The van der Waals surface area contributed by atoms with Gasteiger partial charge in [-0.05, 0) is 24.7 Å². The van der Waals surface area contributed by atoms with Crippen LogP contribution in [0.2, 0.25) is 0 Å². The minimum Gasteiger partial charge on any atom is -0.462 e. The van der Waals surface area contributed by atoms with Crippen LogP contribution in [0.25, 0.3) is 0 Å². The molecular weight excluding hydrogens is 264 g/mol. The molecule has 2 unspecified atom stereocenters. The van der Waals surface area contributed by atoms with Crippen molar-refractivity contribution in [1.82, 2.24) is 0 Å². The van der Waals surface area contributed by atoms with E-state index in [0.29, 0.717) is 12.8 Å². The van der Waals surface area contributed by atoms with Crippen molar-refractivity contribution in [3.8, 4) is 0 Å². The lowest BCUT2D eigenvalue weighted by Crippen LogP contribution is -2.17. The zero-order chi connectivity index (χ0) is 15.4. The number of esters is 2. The second-order valence-corrected chi connectivity index (χ2v) is 5.08. The minimum absolute atomic E-state index is 0.0464. The first-order chi connectivity index (χ1) is 9.49. The molecule has 0 aliphatic carbocycles. The van der Waals surface area contributed by atoms with Crippen molar-refractivity contribution in [2.24, 2.45) is 11.8 Å². The fraction of sp³-hybridized carbons (Fsp3) is 0.857. The highest BCUT2D eigenvalue weighted by molar-refractivity contribution is 5.70. The van der Waals surface area contributed by atoms with Gasteiger partial charge in [-0.1, -0.05) is 13.8 Å². The summed E-state index contributed by atoms with van der Waals surface area (Å²) in [6.07, 6.45) is 1.63. The van der Waals surface area contributed by atoms with E-state index >= 15 is 0 Å². The van der Waals surface area contributed by atoms with Crippen molar-refractivity contribution in [3.05, 3.63) is 0 Å². The van der Waals surface area contributed by atoms with Crippen LogP contribution in [0.1, 0.15) is 39.5 Å². The van der Waals surface area contributed by atoms with E-state index in [1.165, 1.54) is 0 Å². The first kappa shape index (κ1) is 18.9. The maximum absolute atomic E-state index is 11.4. The number of aliphatic hydroxyl groups excluding tert-OH is 2. The van der Waals surface area contributed by atoms with Gasteiger partial charge in [0.15, 0.2) is 0 Å². The Morgan fingerprint density at radius 3 is 1.50 bits per heavy atom. The van der Waals surface area contributed by atoms with Crippen molar-refractivity contribution in [1.29, 1.82) is 0 Å². The van der Waals surface area contributed by atoms with E-state index in [1.54, 1.807) is 0 Å². The third-order valence-electron chi connectivity index (χ3n) is 2.88. The van der Waals surface area contributed by atoms with Crippen LogP contribution in [0.5, 0.6) is 0 Å². The lowest BCUT2D eigenvalue weighted by Gasteiger charge is -2.11. The molecule has 0 bridgehead atoms. The van der Waals surface area contributed by atoms with Crippen LogP contribution >= 0.6 is 0 Å². The molecule has 0 saturated heterocycles. The molecule has 2 N–H and O–H groups in total. The van der Waals surface area contributed by atoms with E-state index in [4.69, 9.17) is 19.7 Å². The highest BCUT2D eigenvalue weighted by Gasteiger charge is 2.12. The molecule has 0 heterocycles. The van der Waals surface area contributed by atoms with Gasteiger partial charge >= 0.3 is 11.9 Å². The van der Waals surface area contributed by atoms with Crippen LogP contribution < -0.4 is 0 Å². The summed E-state index contributed by atoms with van der Waals surface area (Å²) in [4.78, 5) is 22.7. The first-order valence-corrected chi connectivity index (χ1v) is 7.02. The summed E-state index contributed by atoms with van der Waals surface area (Å²) in [5.74, 6) is -0.546. The fourth-order valence-electron chi connectivity index (χ4n) is 1.64. The number of carbonyl (C=O) groups excluding carboxylic acids is 2.